The van der Waals surface area contributed by atoms with Gasteiger partial charge in [-0.25, -0.2) is 9.97 Å². The zero-order chi connectivity index (χ0) is 27.9. The highest BCUT2D eigenvalue weighted by Crippen LogP contribution is 2.32. The van der Waals surface area contributed by atoms with E-state index in [0.717, 1.165) is 50.1 Å². The molecule has 42 heavy (non-hydrogen) atoms. The normalized spacial score (nSPS) is 11.3. The van der Waals surface area contributed by atoms with E-state index in [2.05, 4.69) is 145 Å². The third-order valence-corrected chi connectivity index (χ3v) is 7.90. The van der Waals surface area contributed by atoms with Crippen LogP contribution in [0.3, 0.4) is 0 Å². The molecule has 0 unspecified atom stereocenters. The van der Waals surface area contributed by atoms with Gasteiger partial charge < -0.3 is 0 Å². The topological polar surface area (TPSA) is 38.7 Å². The van der Waals surface area contributed by atoms with Gasteiger partial charge in [-0.1, -0.05) is 121 Å². The number of para-hydroxylation sites is 1. The molecule has 0 aliphatic heterocycles. The maximum atomic E-state index is 5.10. The lowest BCUT2D eigenvalue weighted by Gasteiger charge is -2.11. The van der Waals surface area contributed by atoms with Crippen molar-refractivity contribution >= 4 is 32.4 Å². The largest absolute Gasteiger partial charge is 0.256 e. The van der Waals surface area contributed by atoms with Crippen molar-refractivity contribution in [1.82, 2.24) is 15.0 Å². The lowest BCUT2D eigenvalue weighted by Crippen LogP contribution is -1.96. The lowest BCUT2D eigenvalue weighted by molar-refractivity contribution is 1.18. The van der Waals surface area contributed by atoms with Crippen LogP contribution in [0.2, 0.25) is 0 Å². The molecule has 0 saturated heterocycles. The molecule has 196 valence electrons. The van der Waals surface area contributed by atoms with E-state index in [1.165, 1.54) is 21.5 Å². The Morgan fingerprint density at radius 3 is 1.52 bits per heavy atom. The minimum absolute atomic E-state index is 0.700. The van der Waals surface area contributed by atoms with Crippen molar-refractivity contribution in [2.45, 2.75) is 0 Å². The molecular formula is C39H25N3. The van der Waals surface area contributed by atoms with Gasteiger partial charge in [-0.15, -0.1) is 0 Å². The molecule has 0 bridgehead atoms. The number of benzene rings is 6. The van der Waals surface area contributed by atoms with Crippen molar-refractivity contribution in [3.05, 3.63) is 152 Å². The predicted octanol–water partition coefficient (Wildman–Crippen LogP) is 10.00. The maximum absolute atomic E-state index is 5.10. The highest BCUT2D eigenvalue weighted by atomic mass is 14.9. The second-order valence-electron chi connectivity index (χ2n) is 10.5. The fourth-order valence-corrected chi connectivity index (χ4v) is 5.71. The summed E-state index contributed by atoms with van der Waals surface area (Å²) in [5.41, 5.74) is 8.13. The smallest absolute Gasteiger partial charge is 0.160 e. The number of pyridine rings is 1. The molecule has 8 rings (SSSR count). The molecule has 0 aliphatic carbocycles. The van der Waals surface area contributed by atoms with Crippen LogP contribution in [0.25, 0.3) is 77.5 Å². The van der Waals surface area contributed by atoms with Gasteiger partial charge in [0.1, 0.15) is 0 Å². The van der Waals surface area contributed by atoms with E-state index in [1.807, 2.05) is 12.3 Å². The van der Waals surface area contributed by atoms with Crippen LogP contribution in [-0.2, 0) is 0 Å². The average Bonchev–Trinajstić information content (AvgIpc) is 3.07. The second-order valence-corrected chi connectivity index (χ2v) is 10.5. The van der Waals surface area contributed by atoms with Crippen molar-refractivity contribution in [3.8, 4) is 45.0 Å². The molecule has 0 radical (unpaired) electrons. The fourth-order valence-electron chi connectivity index (χ4n) is 5.71. The van der Waals surface area contributed by atoms with Crippen molar-refractivity contribution in [3.63, 3.8) is 0 Å². The van der Waals surface area contributed by atoms with Gasteiger partial charge in [0.2, 0.25) is 0 Å². The Morgan fingerprint density at radius 2 is 0.881 bits per heavy atom. The van der Waals surface area contributed by atoms with Crippen molar-refractivity contribution < 1.29 is 0 Å². The van der Waals surface area contributed by atoms with Gasteiger partial charge in [-0.05, 0) is 51.4 Å². The number of rotatable bonds is 4. The molecule has 0 amide bonds. The lowest BCUT2D eigenvalue weighted by atomic mass is 10.00. The van der Waals surface area contributed by atoms with Gasteiger partial charge >= 0.3 is 0 Å². The Balaban J connectivity index is 1.27. The summed E-state index contributed by atoms with van der Waals surface area (Å²) in [6, 6.07) is 50.9. The SMILES string of the molecule is c1ccc2cc(-c3cc(-c4ccc5ccccc5c4)nc(-c4ccc(-c5cccc6cccnc56)cc4)n3)ccc2c1. The molecule has 8 aromatic rings. The molecule has 0 N–H and O–H groups in total. The van der Waals surface area contributed by atoms with Crippen LogP contribution in [0.4, 0.5) is 0 Å². The summed E-state index contributed by atoms with van der Waals surface area (Å²) in [6.07, 6.45) is 1.85. The third kappa shape index (κ3) is 4.38. The zero-order valence-corrected chi connectivity index (χ0v) is 22.8. The quantitative estimate of drug-likeness (QED) is 0.225. The van der Waals surface area contributed by atoms with Crippen LogP contribution >= 0.6 is 0 Å². The van der Waals surface area contributed by atoms with Crippen LogP contribution in [0, 0.1) is 0 Å². The Labute approximate surface area is 243 Å². The first-order valence-corrected chi connectivity index (χ1v) is 14.1. The number of hydrogen-bond donors (Lipinski definition) is 0. The van der Waals surface area contributed by atoms with E-state index in [9.17, 15) is 0 Å². The summed E-state index contributed by atoms with van der Waals surface area (Å²) < 4.78 is 0. The number of hydrogen-bond acceptors (Lipinski definition) is 3. The molecule has 0 saturated carbocycles. The number of aromatic nitrogens is 3. The van der Waals surface area contributed by atoms with E-state index >= 15 is 0 Å². The van der Waals surface area contributed by atoms with Gasteiger partial charge in [-0.2, -0.15) is 0 Å². The minimum atomic E-state index is 0.700. The summed E-state index contributed by atoms with van der Waals surface area (Å²) in [7, 11) is 0. The Morgan fingerprint density at radius 1 is 0.357 bits per heavy atom. The van der Waals surface area contributed by atoms with Crippen LogP contribution in [0.1, 0.15) is 0 Å². The average molecular weight is 536 g/mol. The standard InChI is InChI=1S/C39H25N3/c1-3-9-31-23-33(20-14-26(31)7-1)36-25-37(34-21-15-27-8-2-4-10-32(27)24-34)42-39(41-36)30-18-16-28(17-19-30)35-13-5-11-29-12-6-22-40-38(29)35/h1-25H. The molecule has 6 aromatic carbocycles. The van der Waals surface area contributed by atoms with Crippen molar-refractivity contribution in [2.75, 3.05) is 0 Å². The first kappa shape index (κ1) is 24.2. The molecule has 2 aromatic heterocycles. The third-order valence-electron chi connectivity index (χ3n) is 7.90. The zero-order valence-electron chi connectivity index (χ0n) is 22.8. The van der Waals surface area contributed by atoms with Gasteiger partial charge in [-0.3, -0.25) is 4.98 Å². The van der Waals surface area contributed by atoms with Gasteiger partial charge in [0.05, 0.1) is 16.9 Å². The van der Waals surface area contributed by atoms with Crippen LogP contribution in [0.5, 0.6) is 0 Å². The van der Waals surface area contributed by atoms with Crippen LogP contribution < -0.4 is 0 Å². The number of fused-ring (bicyclic) bond motifs is 3. The molecule has 0 fully saturated rings. The van der Waals surface area contributed by atoms with Crippen LogP contribution in [-0.4, -0.2) is 15.0 Å². The first-order valence-electron chi connectivity index (χ1n) is 14.1. The molecule has 0 spiro atoms. The highest BCUT2D eigenvalue weighted by Gasteiger charge is 2.13. The summed E-state index contributed by atoms with van der Waals surface area (Å²) in [4.78, 5) is 14.8. The summed E-state index contributed by atoms with van der Waals surface area (Å²) in [6.45, 7) is 0. The highest BCUT2D eigenvalue weighted by molar-refractivity contribution is 5.94. The van der Waals surface area contributed by atoms with E-state index in [0.29, 0.717) is 5.82 Å². The van der Waals surface area contributed by atoms with E-state index in [4.69, 9.17) is 9.97 Å². The summed E-state index contributed by atoms with van der Waals surface area (Å²) in [5.74, 6) is 0.700. The van der Waals surface area contributed by atoms with Gasteiger partial charge in [0.25, 0.3) is 0 Å². The summed E-state index contributed by atoms with van der Waals surface area (Å²) in [5, 5.41) is 5.93. The van der Waals surface area contributed by atoms with Gasteiger partial charge in [0, 0.05) is 33.8 Å². The second kappa shape index (κ2) is 10.1. The summed E-state index contributed by atoms with van der Waals surface area (Å²) >= 11 is 0. The molecular weight excluding hydrogens is 510 g/mol. The molecule has 3 heteroatoms. The maximum Gasteiger partial charge on any atom is 0.160 e. The van der Waals surface area contributed by atoms with E-state index < -0.39 is 0 Å². The fraction of sp³-hybridized carbons (Fsp3) is 0. The Kier molecular flexibility index (Phi) is 5.79. The molecule has 3 nitrogen and oxygen atoms in total. The number of nitrogens with zero attached hydrogens (tertiary/aromatic N) is 3. The van der Waals surface area contributed by atoms with Crippen molar-refractivity contribution in [1.29, 1.82) is 0 Å². The van der Waals surface area contributed by atoms with Crippen molar-refractivity contribution in [2.24, 2.45) is 0 Å². The first-order chi connectivity index (χ1) is 20.8. The predicted molar refractivity (Wildman–Crippen MR) is 174 cm³/mol. The molecule has 0 aliphatic rings. The molecule has 0 atom stereocenters. The van der Waals surface area contributed by atoms with Gasteiger partial charge in [0.15, 0.2) is 5.82 Å². The van der Waals surface area contributed by atoms with Crippen LogP contribution in [0.15, 0.2) is 152 Å². The Hall–Kier alpha value is -5.67. The Bertz CT molecular complexity index is 2150. The van der Waals surface area contributed by atoms with E-state index in [-0.39, 0.29) is 0 Å². The monoisotopic (exact) mass is 535 g/mol. The minimum Gasteiger partial charge on any atom is -0.256 e. The van der Waals surface area contributed by atoms with E-state index in [1.54, 1.807) is 0 Å². The molecule has 2 heterocycles.